The summed E-state index contributed by atoms with van der Waals surface area (Å²) in [5.41, 5.74) is 5.76. The lowest BCUT2D eigenvalue weighted by atomic mass is 9.90. The molecule has 0 aromatic heterocycles. The minimum atomic E-state index is -2.32. The third-order valence-electron chi connectivity index (χ3n) is 21.3. The molecule has 0 N–H and O–H groups in total. The predicted octanol–water partition coefficient (Wildman–Crippen LogP) is 24.9. The van der Waals surface area contributed by atoms with Crippen molar-refractivity contribution in [3.8, 4) is 0 Å². The lowest BCUT2D eigenvalue weighted by Crippen LogP contribution is -2.37. The van der Waals surface area contributed by atoms with Crippen molar-refractivity contribution < 1.29 is 109 Å². The number of anilines is 2. The molecule has 0 atom stereocenters. The lowest BCUT2D eigenvalue weighted by Gasteiger charge is -2.27. The highest BCUT2D eigenvalue weighted by molar-refractivity contribution is 6.41. The van der Waals surface area contributed by atoms with Crippen molar-refractivity contribution in [2.75, 3.05) is 44.7 Å². The van der Waals surface area contributed by atoms with Crippen LogP contribution in [0.25, 0.3) is 0 Å². The van der Waals surface area contributed by atoms with Crippen LogP contribution in [0.4, 0.5) is 33.3 Å². The summed E-state index contributed by atoms with van der Waals surface area (Å²) < 4.78 is 68.6. The average molecular weight is 2070 g/mol. The number of rotatable bonds is 24. The molecular formula is C110H91Cl5F5N7O18. The number of carbonyl (C=O) groups excluding carboxylic acids is 11. The molecule has 0 unspecified atom stereocenters. The van der Waals surface area contributed by atoms with Gasteiger partial charge in [-0.2, -0.15) is 10.1 Å². The number of nitrogens with zero attached hydrogens (tertiary/aromatic N) is 7. The molecule has 1 saturated carbocycles. The molecule has 17 rings (SSSR count). The second kappa shape index (κ2) is 55.5. The van der Waals surface area contributed by atoms with Gasteiger partial charge < -0.3 is 0 Å². The van der Waals surface area contributed by atoms with Crippen LogP contribution >= 0.6 is 58.0 Å². The van der Waals surface area contributed by atoms with Crippen molar-refractivity contribution in [1.82, 2.24) is 25.3 Å². The zero-order chi connectivity index (χ0) is 104. The van der Waals surface area contributed by atoms with Crippen molar-refractivity contribution >= 4 is 134 Å². The van der Waals surface area contributed by atoms with E-state index in [9.17, 15) is 74.7 Å². The van der Waals surface area contributed by atoms with E-state index in [4.69, 9.17) is 87.0 Å². The summed E-state index contributed by atoms with van der Waals surface area (Å²) in [6, 6.07) is 99.9. The fourth-order valence-corrected chi connectivity index (χ4v) is 14.9. The topological polar surface area (TPSA) is 275 Å². The van der Waals surface area contributed by atoms with Crippen molar-refractivity contribution in [1.29, 1.82) is 0 Å². The van der Waals surface area contributed by atoms with Gasteiger partial charge in [0.25, 0.3) is 65.0 Å². The third-order valence-corrected chi connectivity index (χ3v) is 22.7. The smallest absolute Gasteiger partial charge is 0.271 e. The van der Waals surface area contributed by atoms with Crippen LogP contribution in [0.3, 0.4) is 0 Å². The molecule has 3 aliphatic rings. The lowest BCUT2D eigenvalue weighted by molar-refractivity contribution is -0.119. The maximum absolute atomic E-state index is 14.1. The number of fused-ring (bicyclic) bond motifs is 2. The Kier molecular flexibility index (Phi) is 42.2. The van der Waals surface area contributed by atoms with E-state index in [2.05, 4.69) is 4.84 Å². The summed E-state index contributed by atoms with van der Waals surface area (Å²) in [5, 5.41) is 8.17. The number of halogens is 10. The summed E-state index contributed by atoms with van der Waals surface area (Å²) in [6.07, 6.45) is 4.86. The molecule has 0 bridgehead atoms. The van der Waals surface area contributed by atoms with Gasteiger partial charge in [0.15, 0.2) is 23.3 Å². The van der Waals surface area contributed by atoms with E-state index in [-0.39, 0.29) is 57.8 Å². The van der Waals surface area contributed by atoms with E-state index in [1.807, 2.05) is 134 Å². The highest BCUT2D eigenvalue weighted by Gasteiger charge is 2.41. The minimum absolute atomic E-state index is 0.0301. The van der Waals surface area contributed by atoms with Crippen LogP contribution in [0.2, 0.25) is 25.1 Å². The Labute approximate surface area is 856 Å². The molecule has 35 heteroatoms. The fourth-order valence-electron chi connectivity index (χ4n) is 14.0. The minimum Gasteiger partial charge on any atom is -0.271 e. The first-order valence-electron chi connectivity index (χ1n) is 44.5. The van der Waals surface area contributed by atoms with Crippen LogP contribution < -0.4 is 10.1 Å². The molecular weight excluding hydrogens is 1980 g/mol. The molecule has 744 valence electrons. The number of carbonyl (C=O) groups is 11. The average Bonchev–Trinajstić information content (AvgIpc) is 1.50. The number of amides is 11. The quantitative estimate of drug-likeness (QED) is 0.0179. The second-order valence-corrected chi connectivity index (χ2v) is 33.1. The Morgan fingerprint density at radius 3 is 0.993 bits per heavy atom. The van der Waals surface area contributed by atoms with E-state index in [0.717, 1.165) is 64.5 Å². The van der Waals surface area contributed by atoms with Gasteiger partial charge in [-0.25, -0.2) is 27.0 Å². The molecule has 1 fully saturated rings. The number of imide groups is 4. The number of para-hydroxylation sites is 2. The van der Waals surface area contributed by atoms with E-state index in [0.29, 0.717) is 94.6 Å². The van der Waals surface area contributed by atoms with Gasteiger partial charge in [0.1, 0.15) is 18.8 Å². The van der Waals surface area contributed by atoms with Gasteiger partial charge >= 0.3 is 0 Å². The zero-order valence-corrected chi connectivity index (χ0v) is 81.7. The summed E-state index contributed by atoms with van der Waals surface area (Å²) in [6.45, 7) is 3.49. The van der Waals surface area contributed by atoms with Gasteiger partial charge in [-0.15, -0.1) is 20.3 Å². The van der Waals surface area contributed by atoms with Gasteiger partial charge in [0, 0.05) is 59.6 Å². The first kappa shape index (κ1) is 110. The maximum Gasteiger partial charge on any atom is 0.288 e. The first-order valence-corrected chi connectivity index (χ1v) is 46.4. The summed E-state index contributed by atoms with van der Waals surface area (Å²) in [7, 11) is 3.77. The molecule has 0 spiro atoms. The van der Waals surface area contributed by atoms with E-state index in [1.54, 1.807) is 176 Å². The van der Waals surface area contributed by atoms with Crippen LogP contribution in [-0.4, -0.2) is 125 Å². The molecule has 1 aliphatic carbocycles. The molecule has 14 aromatic carbocycles. The summed E-state index contributed by atoms with van der Waals surface area (Å²) in [4.78, 5) is 171. The van der Waals surface area contributed by atoms with Gasteiger partial charge in [0.2, 0.25) is 5.82 Å². The molecule has 11 amide bonds. The second-order valence-electron chi connectivity index (χ2n) is 31.0. The Morgan fingerprint density at radius 1 is 0.331 bits per heavy atom. The fraction of sp³-hybridized carbons (Fsp3) is 0.136. The standard InChI is InChI=1S/C21H17NO3.C20H16ClNO2.C20H18F5NO2.C15H11Cl2NO3.C15H13NO3.C10H11NO2.C9H5Cl2NO3/c23-20(18-12-6-2-7-13-18)22(21(24)19-14-8-3-9-15-19)25-16-17-10-4-1-5-11-17;21-18-13-11-17(12-14-18)20(23)22(19-9-5-2-6-10-19)24-15-16-7-3-1-4-8-16;21-15-14(16(22)18(24)19(25)17(15)23)20(27)26(13-9-5-2-6-10-13)28-11-12-7-3-1-4-8-12;1-21-18(14(19)10-2-6-12(16)7-3-10)15(20)11-4-8-13(17)9-5-11;1-19-16(14(17)12-8-4-2-5-9-12)15(18)13-10-6-3-7-11-13;1-2-13-11-7-8-5-3-4-6-9(8)10(11)12;1-15-12-8(13)6-4(10)2-3-5(11)7(6)9(12)14/h1-15H,16H2;1-14H,15H2;2,5-6,9-10,12H,1,3-4,7-8,11H2;2-9H,1H3;2-11H,1H3;3-6H,2,7H2,1H3;2-3H,1H3. The Morgan fingerprint density at radius 2 is 0.641 bits per heavy atom. The number of benzene rings is 14. The summed E-state index contributed by atoms with van der Waals surface area (Å²) >= 11 is 29.1. The monoisotopic (exact) mass is 2070 g/mol. The molecule has 25 nitrogen and oxygen atoms in total. The third kappa shape index (κ3) is 30.0. The molecule has 2 aliphatic heterocycles. The van der Waals surface area contributed by atoms with Gasteiger partial charge in [-0.1, -0.05) is 265 Å². The van der Waals surface area contributed by atoms with E-state index < -0.39 is 87.8 Å². The van der Waals surface area contributed by atoms with E-state index in [1.165, 1.54) is 80.0 Å². The van der Waals surface area contributed by atoms with Gasteiger partial charge in [0.05, 0.1) is 73.6 Å². The molecule has 2 heterocycles. The number of hydroxylamine groups is 12. The van der Waals surface area contributed by atoms with Gasteiger partial charge in [-0.3, -0.25) is 86.6 Å². The molecule has 0 radical (unpaired) electrons. The Balaban J connectivity index is 0.000000163. The van der Waals surface area contributed by atoms with Crippen LogP contribution in [-0.2, 0) is 53.6 Å². The SMILES string of the molecule is CCON1Cc2ccccc2C1=O.CON(C(=O)c1ccc(Cl)cc1)C(=O)c1ccc(Cl)cc1.CON(C(=O)c1ccccc1)C(=O)c1ccccc1.CON1C(=O)c2c(Cl)ccc(Cl)c2C1=O.O=C(c1c(F)c(F)c(F)c(F)c1F)N(OCC1CCCCC1)c1ccccc1.O=C(c1ccc(Cl)cc1)N(OCc1ccccc1)c1ccccc1.O=C(c1ccccc1)N(OCc1ccccc1)C(=O)c1ccccc1. The Bertz CT molecular complexity index is 6530. The van der Waals surface area contributed by atoms with Crippen LogP contribution in [0, 0.1) is 35.0 Å². The van der Waals surface area contributed by atoms with E-state index >= 15 is 0 Å². The van der Waals surface area contributed by atoms with Crippen LogP contribution in [0.15, 0.2) is 352 Å². The molecule has 145 heavy (non-hydrogen) atoms. The van der Waals surface area contributed by atoms with Crippen LogP contribution in [0.1, 0.15) is 170 Å². The normalized spacial score (nSPS) is 12.0. The first-order chi connectivity index (χ1) is 70.1. The highest BCUT2D eigenvalue weighted by Crippen LogP contribution is 2.36. The van der Waals surface area contributed by atoms with Gasteiger partial charge in [-0.05, 0) is 206 Å². The number of hydrogen-bond donors (Lipinski definition) is 0. The largest absolute Gasteiger partial charge is 0.288 e. The van der Waals surface area contributed by atoms with Crippen molar-refractivity contribution in [2.24, 2.45) is 5.92 Å². The molecule has 14 aromatic rings. The maximum atomic E-state index is 14.1. The van der Waals surface area contributed by atoms with Crippen molar-refractivity contribution in [3.63, 3.8) is 0 Å². The Hall–Kier alpha value is -15.1. The summed E-state index contributed by atoms with van der Waals surface area (Å²) in [5.74, 6) is -17.0. The van der Waals surface area contributed by atoms with Crippen molar-refractivity contribution in [2.45, 2.75) is 58.8 Å². The zero-order valence-electron chi connectivity index (χ0n) is 77.9. The highest BCUT2D eigenvalue weighted by atomic mass is 35.5. The van der Waals surface area contributed by atoms with Crippen LogP contribution in [0.5, 0.6) is 0 Å². The molecule has 0 saturated heterocycles. The van der Waals surface area contributed by atoms with Crippen molar-refractivity contribution in [3.05, 3.63) is 484 Å². The predicted molar refractivity (Wildman–Crippen MR) is 535 cm³/mol. The number of hydrogen-bond acceptors (Lipinski definition) is 18.